The summed E-state index contributed by atoms with van der Waals surface area (Å²) < 4.78 is 0. The van der Waals surface area contributed by atoms with E-state index in [0.717, 1.165) is 50.6 Å². The van der Waals surface area contributed by atoms with Crippen LogP contribution in [0, 0.1) is 5.41 Å². The fourth-order valence-electron chi connectivity index (χ4n) is 2.05. The van der Waals surface area contributed by atoms with E-state index in [-0.39, 0.29) is 0 Å². The zero-order valence-electron chi connectivity index (χ0n) is 10.8. The number of amidine groups is 1. The molecule has 0 atom stereocenters. The average Bonchev–Trinajstić information content (AvgIpc) is 2.36. The van der Waals surface area contributed by atoms with Crippen molar-refractivity contribution in [1.29, 1.82) is 5.41 Å². The highest BCUT2D eigenvalue weighted by Crippen LogP contribution is 2.11. The Bertz CT molecular complexity index is 309. The molecule has 3 nitrogen and oxygen atoms in total. The maximum absolute atomic E-state index is 7.94. The van der Waals surface area contributed by atoms with Gasteiger partial charge >= 0.3 is 0 Å². The maximum atomic E-state index is 7.94. The Labute approximate surface area is 105 Å². The lowest BCUT2D eigenvalue weighted by molar-refractivity contribution is 0.223. The molecule has 1 fully saturated rings. The van der Waals surface area contributed by atoms with Gasteiger partial charge in [-0.15, -0.1) is 0 Å². The van der Waals surface area contributed by atoms with Crippen molar-refractivity contribution in [2.45, 2.75) is 19.8 Å². The first kappa shape index (κ1) is 13.6. The van der Waals surface area contributed by atoms with Crippen molar-refractivity contribution in [3.8, 4) is 0 Å². The van der Waals surface area contributed by atoms with Crippen LogP contribution in [0.25, 0.3) is 0 Å². The summed E-state index contributed by atoms with van der Waals surface area (Å²) in [6.07, 6.45) is 7.58. The summed E-state index contributed by atoms with van der Waals surface area (Å²) >= 11 is 0. The number of piperazine rings is 1. The van der Waals surface area contributed by atoms with Crippen LogP contribution in [-0.4, -0.2) is 41.8 Å². The van der Waals surface area contributed by atoms with Gasteiger partial charge in [-0.1, -0.05) is 26.2 Å². The van der Waals surface area contributed by atoms with Gasteiger partial charge in [-0.25, -0.2) is 0 Å². The normalized spacial score (nSPS) is 16.9. The molecule has 0 saturated carbocycles. The quantitative estimate of drug-likeness (QED) is 0.449. The third-order valence-electron chi connectivity index (χ3n) is 3.01. The summed E-state index contributed by atoms with van der Waals surface area (Å²) in [4.78, 5) is 4.47. The van der Waals surface area contributed by atoms with E-state index < -0.39 is 0 Å². The van der Waals surface area contributed by atoms with Crippen LogP contribution in [0.2, 0.25) is 0 Å². The fraction of sp³-hybridized carbons (Fsp3) is 0.500. The topological polar surface area (TPSA) is 30.3 Å². The molecule has 0 amide bonds. The van der Waals surface area contributed by atoms with Crippen molar-refractivity contribution >= 4 is 5.84 Å². The van der Waals surface area contributed by atoms with Crippen molar-refractivity contribution < 1.29 is 0 Å². The van der Waals surface area contributed by atoms with E-state index in [1.54, 1.807) is 6.08 Å². The SMILES string of the molecule is C=C/C=C(\C=C)N1CCN(C(=N)CCC)CC1. The van der Waals surface area contributed by atoms with Gasteiger partial charge < -0.3 is 9.80 Å². The molecule has 0 radical (unpaired) electrons. The summed E-state index contributed by atoms with van der Waals surface area (Å²) in [6.45, 7) is 13.4. The standard InChI is InChI=1S/C14H23N3/c1-4-7-13(6-3)16-9-11-17(12-10-16)14(15)8-5-2/h4,6-7,15H,1,3,5,8-12H2,2H3/b13-7+,15-14?. The summed E-state index contributed by atoms with van der Waals surface area (Å²) in [6, 6.07) is 0. The van der Waals surface area contributed by atoms with Crippen LogP contribution in [-0.2, 0) is 0 Å². The Morgan fingerprint density at radius 1 is 1.18 bits per heavy atom. The maximum Gasteiger partial charge on any atom is 0.0958 e. The van der Waals surface area contributed by atoms with Gasteiger partial charge in [-0.3, -0.25) is 5.41 Å². The van der Waals surface area contributed by atoms with Gasteiger partial charge in [0.25, 0.3) is 0 Å². The van der Waals surface area contributed by atoms with Crippen LogP contribution < -0.4 is 0 Å². The molecule has 1 aliphatic rings. The van der Waals surface area contributed by atoms with Crippen LogP contribution in [0.3, 0.4) is 0 Å². The minimum atomic E-state index is 0.778. The number of allylic oxidation sites excluding steroid dienone is 3. The minimum absolute atomic E-state index is 0.778. The molecule has 1 rings (SSSR count). The van der Waals surface area contributed by atoms with Crippen molar-refractivity contribution in [2.75, 3.05) is 26.2 Å². The molecule has 0 aromatic heterocycles. The number of hydrogen-bond donors (Lipinski definition) is 1. The van der Waals surface area contributed by atoms with E-state index in [0.29, 0.717) is 0 Å². The van der Waals surface area contributed by atoms with Crippen molar-refractivity contribution in [3.05, 3.63) is 37.1 Å². The Hall–Kier alpha value is -1.51. The lowest BCUT2D eigenvalue weighted by Crippen LogP contribution is -2.47. The largest absolute Gasteiger partial charge is 0.368 e. The molecule has 17 heavy (non-hydrogen) atoms. The Balaban J connectivity index is 2.50. The summed E-state index contributed by atoms with van der Waals surface area (Å²) in [5.41, 5.74) is 1.13. The Morgan fingerprint density at radius 3 is 2.24 bits per heavy atom. The first-order valence-electron chi connectivity index (χ1n) is 6.25. The van der Waals surface area contributed by atoms with Gasteiger partial charge in [-0.2, -0.15) is 0 Å². The third-order valence-corrected chi connectivity index (χ3v) is 3.01. The molecular weight excluding hydrogens is 210 g/mol. The number of rotatable bonds is 5. The minimum Gasteiger partial charge on any atom is -0.368 e. The molecule has 3 heteroatoms. The average molecular weight is 233 g/mol. The van der Waals surface area contributed by atoms with E-state index in [1.165, 1.54) is 0 Å². The van der Waals surface area contributed by atoms with E-state index in [2.05, 4.69) is 29.9 Å². The third kappa shape index (κ3) is 3.77. The van der Waals surface area contributed by atoms with Crippen LogP contribution in [0.4, 0.5) is 0 Å². The predicted octanol–water partition coefficient (Wildman–Crippen LogP) is 2.64. The second kappa shape index (κ2) is 6.94. The zero-order chi connectivity index (χ0) is 12.7. The van der Waals surface area contributed by atoms with Crippen molar-refractivity contribution in [3.63, 3.8) is 0 Å². The molecule has 1 heterocycles. The van der Waals surface area contributed by atoms with Crippen molar-refractivity contribution in [1.82, 2.24) is 9.80 Å². The van der Waals surface area contributed by atoms with Crippen molar-refractivity contribution in [2.24, 2.45) is 0 Å². The molecule has 0 spiro atoms. The highest BCUT2D eigenvalue weighted by atomic mass is 15.3. The molecular formula is C14H23N3. The zero-order valence-corrected chi connectivity index (χ0v) is 10.8. The molecule has 0 unspecified atom stereocenters. The predicted molar refractivity (Wildman–Crippen MR) is 74.3 cm³/mol. The summed E-state index contributed by atoms with van der Waals surface area (Å²) in [5, 5.41) is 7.94. The van der Waals surface area contributed by atoms with Gasteiger partial charge in [0.05, 0.1) is 5.84 Å². The van der Waals surface area contributed by atoms with Gasteiger partial charge in [0.1, 0.15) is 0 Å². The Morgan fingerprint density at radius 2 is 1.76 bits per heavy atom. The number of nitrogens with zero attached hydrogens (tertiary/aromatic N) is 2. The summed E-state index contributed by atoms with van der Waals surface area (Å²) in [7, 11) is 0. The molecule has 1 N–H and O–H groups in total. The Kier molecular flexibility index (Phi) is 5.53. The van der Waals surface area contributed by atoms with Crippen LogP contribution in [0.15, 0.2) is 37.1 Å². The lowest BCUT2D eigenvalue weighted by Gasteiger charge is -2.37. The molecule has 94 valence electrons. The first-order valence-corrected chi connectivity index (χ1v) is 6.25. The van der Waals surface area contributed by atoms with E-state index >= 15 is 0 Å². The highest BCUT2D eigenvalue weighted by Gasteiger charge is 2.18. The highest BCUT2D eigenvalue weighted by molar-refractivity contribution is 5.79. The van der Waals surface area contributed by atoms with Crippen LogP contribution in [0.5, 0.6) is 0 Å². The molecule has 1 aliphatic heterocycles. The molecule has 0 aliphatic carbocycles. The molecule has 0 aromatic rings. The van der Waals surface area contributed by atoms with Gasteiger partial charge in [-0.05, 0) is 18.6 Å². The summed E-state index contributed by atoms with van der Waals surface area (Å²) in [5.74, 6) is 0.778. The van der Waals surface area contributed by atoms with Gasteiger partial charge in [0.15, 0.2) is 0 Å². The first-order chi connectivity index (χ1) is 8.22. The smallest absolute Gasteiger partial charge is 0.0958 e. The van der Waals surface area contributed by atoms with E-state index in [4.69, 9.17) is 5.41 Å². The second-order valence-electron chi connectivity index (χ2n) is 4.20. The fourth-order valence-corrected chi connectivity index (χ4v) is 2.05. The van der Waals surface area contributed by atoms with E-state index in [9.17, 15) is 0 Å². The molecule has 0 bridgehead atoms. The number of nitrogens with one attached hydrogen (secondary N) is 1. The van der Waals surface area contributed by atoms with E-state index in [1.807, 2.05) is 12.2 Å². The monoisotopic (exact) mass is 233 g/mol. The molecule has 1 saturated heterocycles. The van der Waals surface area contributed by atoms with Crippen LogP contribution >= 0.6 is 0 Å². The number of hydrogen-bond acceptors (Lipinski definition) is 2. The van der Waals surface area contributed by atoms with Gasteiger partial charge in [0.2, 0.25) is 0 Å². The van der Waals surface area contributed by atoms with Crippen LogP contribution in [0.1, 0.15) is 19.8 Å². The lowest BCUT2D eigenvalue weighted by atomic mass is 10.2. The second-order valence-corrected chi connectivity index (χ2v) is 4.20. The van der Waals surface area contributed by atoms with Gasteiger partial charge in [0, 0.05) is 38.3 Å². The molecule has 0 aromatic carbocycles.